The second kappa shape index (κ2) is 7.59. The van der Waals surface area contributed by atoms with Gasteiger partial charge in [-0.2, -0.15) is 8.75 Å². The highest BCUT2D eigenvalue weighted by Crippen LogP contribution is 2.20. The highest BCUT2D eigenvalue weighted by Gasteiger charge is 2.22. The standard InChI is InChI=1S/C17H18N6O2S2/c24-27(25,15-8-4-7-14-16(15)21-26-20-14)22-17-18-11-23(12-19-17)10-9-13-5-2-1-3-6-13/h1-8H,9-12H2,(H2,18,19,22). The number of aliphatic imine (C=N–C) groups is 1. The molecule has 0 radical (unpaired) electrons. The monoisotopic (exact) mass is 402 g/mol. The second-order valence-electron chi connectivity index (χ2n) is 6.11. The van der Waals surface area contributed by atoms with Crippen molar-refractivity contribution in [1.29, 1.82) is 0 Å². The van der Waals surface area contributed by atoms with Crippen LogP contribution in [0.5, 0.6) is 0 Å². The number of guanidine groups is 1. The summed E-state index contributed by atoms with van der Waals surface area (Å²) in [5, 5.41) is 3.03. The molecule has 0 fully saturated rings. The molecule has 8 nitrogen and oxygen atoms in total. The Bertz CT molecular complexity index is 1070. The maximum atomic E-state index is 12.7. The summed E-state index contributed by atoms with van der Waals surface area (Å²) < 4.78 is 36.1. The maximum Gasteiger partial charge on any atom is 0.266 e. The molecule has 1 aromatic heterocycles. The van der Waals surface area contributed by atoms with Gasteiger partial charge in [0.15, 0.2) is 0 Å². The fourth-order valence-electron chi connectivity index (χ4n) is 2.79. The number of aromatic nitrogens is 2. The van der Waals surface area contributed by atoms with E-state index in [1.807, 2.05) is 18.2 Å². The van der Waals surface area contributed by atoms with Gasteiger partial charge in [0.1, 0.15) is 15.9 Å². The lowest BCUT2D eigenvalue weighted by Crippen LogP contribution is -2.50. The maximum absolute atomic E-state index is 12.7. The average molecular weight is 403 g/mol. The molecule has 0 aliphatic carbocycles. The zero-order chi connectivity index (χ0) is 18.7. The highest BCUT2D eigenvalue weighted by atomic mass is 32.2. The molecule has 0 bridgehead atoms. The quantitative estimate of drug-likeness (QED) is 0.669. The van der Waals surface area contributed by atoms with Gasteiger partial charge in [-0.05, 0) is 24.1 Å². The van der Waals surface area contributed by atoms with Gasteiger partial charge < -0.3 is 5.32 Å². The van der Waals surface area contributed by atoms with Gasteiger partial charge in [-0.3, -0.25) is 4.90 Å². The van der Waals surface area contributed by atoms with E-state index in [0.717, 1.165) is 24.7 Å². The Morgan fingerprint density at radius 2 is 1.96 bits per heavy atom. The number of rotatable bonds is 5. The summed E-state index contributed by atoms with van der Waals surface area (Å²) in [6.45, 7) is 1.79. The minimum absolute atomic E-state index is 0.102. The molecular weight excluding hydrogens is 384 g/mol. The molecule has 0 saturated carbocycles. The molecule has 2 aromatic carbocycles. The summed E-state index contributed by atoms with van der Waals surface area (Å²) in [6, 6.07) is 15.1. The van der Waals surface area contributed by atoms with Gasteiger partial charge in [-0.25, -0.2) is 18.1 Å². The molecule has 0 unspecified atom stereocenters. The van der Waals surface area contributed by atoms with E-state index in [1.165, 1.54) is 11.6 Å². The summed E-state index contributed by atoms with van der Waals surface area (Å²) in [5.41, 5.74) is 2.20. The third-order valence-corrected chi connectivity index (χ3v) is 6.14. The summed E-state index contributed by atoms with van der Waals surface area (Å²) in [7, 11) is -3.79. The zero-order valence-corrected chi connectivity index (χ0v) is 16.0. The Kier molecular flexibility index (Phi) is 5.01. The first-order chi connectivity index (χ1) is 13.1. The van der Waals surface area contributed by atoms with Gasteiger partial charge in [-0.1, -0.05) is 36.4 Å². The molecule has 0 spiro atoms. The number of benzene rings is 2. The van der Waals surface area contributed by atoms with E-state index < -0.39 is 10.0 Å². The van der Waals surface area contributed by atoms with Gasteiger partial charge >= 0.3 is 0 Å². The average Bonchev–Trinajstić information content (AvgIpc) is 3.17. The fourth-order valence-corrected chi connectivity index (χ4v) is 4.56. The Hall–Kier alpha value is -2.56. The van der Waals surface area contributed by atoms with E-state index in [2.05, 4.69) is 40.8 Å². The smallest absolute Gasteiger partial charge is 0.266 e. The first-order valence-corrected chi connectivity index (χ1v) is 10.6. The first-order valence-electron chi connectivity index (χ1n) is 8.40. The lowest BCUT2D eigenvalue weighted by Gasteiger charge is -2.26. The zero-order valence-electron chi connectivity index (χ0n) is 14.4. The molecule has 3 aromatic rings. The lowest BCUT2D eigenvalue weighted by atomic mass is 10.1. The predicted octanol–water partition coefficient (Wildman–Crippen LogP) is 1.39. The number of hydrogen-bond donors (Lipinski definition) is 2. The van der Waals surface area contributed by atoms with Gasteiger partial charge in [0.2, 0.25) is 5.96 Å². The van der Waals surface area contributed by atoms with Crippen LogP contribution in [0.1, 0.15) is 5.56 Å². The molecule has 140 valence electrons. The molecule has 0 amide bonds. The molecule has 2 heterocycles. The van der Waals surface area contributed by atoms with Crippen LogP contribution in [0.3, 0.4) is 0 Å². The summed E-state index contributed by atoms with van der Waals surface area (Å²) in [4.78, 5) is 6.52. The minimum Gasteiger partial charge on any atom is -0.343 e. The Balaban J connectivity index is 1.40. The minimum atomic E-state index is -3.79. The predicted molar refractivity (Wildman–Crippen MR) is 105 cm³/mol. The number of sulfonamides is 1. The fraction of sp³-hybridized carbons (Fsp3) is 0.235. The van der Waals surface area contributed by atoms with Crippen molar-refractivity contribution in [3.63, 3.8) is 0 Å². The van der Waals surface area contributed by atoms with Gasteiger partial charge in [-0.15, -0.1) is 0 Å². The van der Waals surface area contributed by atoms with E-state index in [9.17, 15) is 8.42 Å². The molecule has 2 N–H and O–H groups in total. The molecule has 4 rings (SSSR count). The third-order valence-electron chi connectivity index (χ3n) is 4.23. The topological polar surface area (TPSA) is 99.6 Å². The number of nitrogens with one attached hydrogen (secondary N) is 2. The van der Waals surface area contributed by atoms with Crippen molar-refractivity contribution in [3.8, 4) is 0 Å². The van der Waals surface area contributed by atoms with Crippen molar-refractivity contribution < 1.29 is 8.42 Å². The lowest BCUT2D eigenvalue weighted by molar-refractivity contribution is 0.267. The molecule has 1 aliphatic rings. The van der Waals surface area contributed by atoms with Crippen LogP contribution in [0.25, 0.3) is 11.0 Å². The second-order valence-corrected chi connectivity index (χ2v) is 8.29. The summed E-state index contributed by atoms with van der Waals surface area (Å²) in [6.07, 6.45) is 0.915. The number of hydrogen-bond acceptors (Lipinski definition) is 8. The van der Waals surface area contributed by atoms with Gasteiger partial charge in [0, 0.05) is 6.54 Å². The van der Waals surface area contributed by atoms with Crippen LogP contribution in [-0.4, -0.2) is 47.9 Å². The van der Waals surface area contributed by atoms with Crippen molar-refractivity contribution in [2.45, 2.75) is 11.3 Å². The van der Waals surface area contributed by atoms with E-state index >= 15 is 0 Å². The summed E-state index contributed by atoms with van der Waals surface area (Å²) >= 11 is 0.988. The SMILES string of the molecule is O=S(=O)(NC1=NCN(CCc2ccccc2)CN1)c1cccc2nsnc12. The van der Waals surface area contributed by atoms with Crippen LogP contribution in [0, 0.1) is 0 Å². The Labute approximate surface area is 161 Å². The molecule has 0 atom stereocenters. The van der Waals surface area contributed by atoms with E-state index in [0.29, 0.717) is 24.4 Å². The van der Waals surface area contributed by atoms with Crippen molar-refractivity contribution >= 4 is 38.7 Å². The van der Waals surface area contributed by atoms with E-state index in [1.54, 1.807) is 12.1 Å². The molecule has 27 heavy (non-hydrogen) atoms. The largest absolute Gasteiger partial charge is 0.343 e. The van der Waals surface area contributed by atoms with Gasteiger partial charge in [0.05, 0.1) is 25.1 Å². The number of fused-ring (bicyclic) bond motifs is 1. The first kappa shape index (κ1) is 17.8. The normalized spacial score (nSPS) is 15.3. The third kappa shape index (κ3) is 4.07. The van der Waals surface area contributed by atoms with Crippen molar-refractivity contribution in [3.05, 3.63) is 54.1 Å². The Morgan fingerprint density at radius 3 is 2.74 bits per heavy atom. The molecule has 1 aliphatic heterocycles. The van der Waals surface area contributed by atoms with Crippen LogP contribution < -0.4 is 10.0 Å². The van der Waals surface area contributed by atoms with Crippen molar-refractivity contribution in [1.82, 2.24) is 23.7 Å². The van der Waals surface area contributed by atoms with Crippen molar-refractivity contribution in [2.24, 2.45) is 4.99 Å². The number of nitrogens with zero attached hydrogens (tertiary/aromatic N) is 4. The highest BCUT2D eigenvalue weighted by molar-refractivity contribution is 7.90. The Morgan fingerprint density at radius 1 is 1.11 bits per heavy atom. The molecule has 10 heteroatoms. The van der Waals surface area contributed by atoms with E-state index in [4.69, 9.17) is 0 Å². The van der Waals surface area contributed by atoms with Crippen LogP contribution in [0.2, 0.25) is 0 Å². The van der Waals surface area contributed by atoms with Crippen LogP contribution >= 0.6 is 11.7 Å². The molecule has 0 saturated heterocycles. The van der Waals surface area contributed by atoms with Crippen LogP contribution in [0.4, 0.5) is 0 Å². The van der Waals surface area contributed by atoms with E-state index in [-0.39, 0.29) is 10.9 Å². The molecular formula is C17H18N6O2S2. The van der Waals surface area contributed by atoms with Crippen LogP contribution in [-0.2, 0) is 16.4 Å². The summed E-state index contributed by atoms with van der Waals surface area (Å²) in [5.74, 6) is 0.242. The van der Waals surface area contributed by atoms with Gasteiger partial charge in [0.25, 0.3) is 10.0 Å². The van der Waals surface area contributed by atoms with Crippen LogP contribution in [0.15, 0.2) is 58.4 Å². The van der Waals surface area contributed by atoms with Crippen molar-refractivity contribution in [2.75, 3.05) is 19.9 Å².